The molecule has 0 aliphatic rings. The molecule has 0 saturated heterocycles. The predicted octanol–water partition coefficient (Wildman–Crippen LogP) is 3.00. The van der Waals surface area contributed by atoms with E-state index in [2.05, 4.69) is 10.9 Å². The smallest absolute Gasteiger partial charge is 0.279 e. The summed E-state index contributed by atoms with van der Waals surface area (Å²) in [6.07, 6.45) is 5.44. The van der Waals surface area contributed by atoms with E-state index < -0.39 is 10.8 Å². The number of nitro benzene ring substituents is 1. The van der Waals surface area contributed by atoms with Crippen molar-refractivity contribution in [3.05, 3.63) is 56.9 Å². The Balaban J connectivity index is 2.12. The van der Waals surface area contributed by atoms with E-state index in [0.29, 0.717) is 32.1 Å². The van der Waals surface area contributed by atoms with E-state index in [1.807, 2.05) is 0 Å². The maximum absolute atomic E-state index is 12.7. The van der Waals surface area contributed by atoms with Gasteiger partial charge in [-0.15, -0.1) is 6.42 Å². The van der Waals surface area contributed by atoms with E-state index in [0.717, 1.165) is 11.3 Å². The molecule has 0 atom stereocenters. The Morgan fingerprint density at radius 2 is 2.00 bits per heavy atom. The van der Waals surface area contributed by atoms with Gasteiger partial charge in [0.1, 0.15) is 0 Å². The van der Waals surface area contributed by atoms with E-state index in [1.165, 1.54) is 32.4 Å². The van der Waals surface area contributed by atoms with Crippen molar-refractivity contribution in [1.29, 1.82) is 0 Å². The molecular weight excluding hydrogens is 382 g/mol. The van der Waals surface area contributed by atoms with Crippen LogP contribution in [0.25, 0.3) is 10.2 Å². The van der Waals surface area contributed by atoms with Crippen molar-refractivity contribution >= 4 is 33.1 Å². The van der Waals surface area contributed by atoms with E-state index in [4.69, 9.17) is 15.9 Å². The summed E-state index contributed by atoms with van der Waals surface area (Å²) >= 11 is 1.16. The third kappa shape index (κ3) is 3.58. The Hall–Kier alpha value is -3.64. The van der Waals surface area contributed by atoms with Crippen molar-refractivity contribution < 1.29 is 19.2 Å². The maximum atomic E-state index is 12.7. The number of nitro groups is 1. The first kappa shape index (κ1) is 19.1. The zero-order valence-electron chi connectivity index (χ0n) is 15.0. The fourth-order valence-corrected chi connectivity index (χ4v) is 3.69. The molecule has 0 aliphatic heterocycles. The highest BCUT2D eigenvalue weighted by atomic mass is 32.1. The molecule has 0 unspecified atom stereocenters. The number of hydrogen-bond donors (Lipinski definition) is 0. The first-order valence-electron chi connectivity index (χ1n) is 8.00. The minimum atomic E-state index is -0.493. The van der Waals surface area contributed by atoms with Gasteiger partial charge in [0.05, 0.1) is 35.9 Å². The number of ether oxygens (including phenoxy) is 2. The molecule has 1 amide bonds. The van der Waals surface area contributed by atoms with Crippen LogP contribution in [-0.2, 0) is 6.54 Å². The second-order valence-corrected chi connectivity index (χ2v) is 6.58. The van der Waals surface area contributed by atoms with Crippen molar-refractivity contribution in [2.24, 2.45) is 4.99 Å². The van der Waals surface area contributed by atoms with Gasteiger partial charge in [-0.3, -0.25) is 14.9 Å². The number of carbonyl (C=O) groups excluding carboxylic acids is 1. The van der Waals surface area contributed by atoms with Gasteiger partial charge in [-0.1, -0.05) is 17.3 Å². The number of non-ortho nitro benzene ring substituents is 1. The van der Waals surface area contributed by atoms with Crippen LogP contribution in [0.2, 0.25) is 0 Å². The Kier molecular flexibility index (Phi) is 5.42. The number of fused-ring (bicyclic) bond motifs is 1. The standard InChI is InChI=1S/C19H15N3O5S/c1-4-9-21-14-7-6-13(22(24)25)11-17(14)28-19(21)20-18(23)12-5-8-15(26-2)16(10-12)27-3/h1,5-8,10-11H,9H2,2-3H3. The molecule has 8 nitrogen and oxygen atoms in total. The number of thiazole rings is 1. The van der Waals surface area contributed by atoms with Gasteiger partial charge in [-0.25, -0.2) is 0 Å². The number of methoxy groups -OCH3 is 2. The molecule has 3 aromatic rings. The van der Waals surface area contributed by atoms with Crippen LogP contribution >= 0.6 is 11.3 Å². The first-order chi connectivity index (χ1) is 13.5. The molecule has 0 spiro atoms. The highest BCUT2D eigenvalue weighted by molar-refractivity contribution is 7.16. The quantitative estimate of drug-likeness (QED) is 0.375. The number of amides is 1. The molecular formula is C19H15N3O5S. The zero-order valence-corrected chi connectivity index (χ0v) is 15.9. The second kappa shape index (κ2) is 7.94. The number of terminal acetylenes is 1. The molecule has 28 heavy (non-hydrogen) atoms. The van der Waals surface area contributed by atoms with E-state index in [-0.39, 0.29) is 12.2 Å². The molecule has 3 rings (SSSR count). The van der Waals surface area contributed by atoms with Gasteiger partial charge < -0.3 is 14.0 Å². The van der Waals surface area contributed by atoms with Crippen molar-refractivity contribution in [3.8, 4) is 23.8 Å². The van der Waals surface area contributed by atoms with E-state index in [9.17, 15) is 14.9 Å². The second-order valence-electron chi connectivity index (χ2n) is 5.57. The van der Waals surface area contributed by atoms with Crippen LogP contribution in [0.5, 0.6) is 11.5 Å². The minimum absolute atomic E-state index is 0.0422. The molecule has 0 fully saturated rings. The van der Waals surface area contributed by atoms with Gasteiger partial charge in [-0.05, 0) is 24.3 Å². The van der Waals surface area contributed by atoms with Crippen molar-refractivity contribution in [1.82, 2.24) is 4.57 Å². The fraction of sp³-hybridized carbons (Fsp3) is 0.158. The molecule has 142 valence electrons. The van der Waals surface area contributed by atoms with Crippen LogP contribution in [0.15, 0.2) is 41.4 Å². The Labute approximate surface area is 163 Å². The predicted molar refractivity (Wildman–Crippen MR) is 105 cm³/mol. The number of hydrogen-bond acceptors (Lipinski definition) is 6. The summed E-state index contributed by atoms with van der Waals surface area (Å²) in [5.41, 5.74) is 0.945. The number of rotatable bonds is 5. The summed E-state index contributed by atoms with van der Waals surface area (Å²) in [6, 6.07) is 9.16. The number of aromatic nitrogens is 1. The Morgan fingerprint density at radius 1 is 1.25 bits per heavy atom. The number of benzene rings is 2. The fourth-order valence-electron chi connectivity index (χ4n) is 2.63. The lowest BCUT2D eigenvalue weighted by Crippen LogP contribution is -2.16. The van der Waals surface area contributed by atoms with Crippen molar-refractivity contribution in [2.75, 3.05) is 14.2 Å². The molecule has 0 bridgehead atoms. The monoisotopic (exact) mass is 397 g/mol. The van der Waals surface area contributed by atoms with Gasteiger partial charge in [0.2, 0.25) is 0 Å². The topological polar surface area (TPSA) is 96.0 Å². The van der Waals surface area contributed by atoms with E-state index >= 15 is 0 Å². The van der Waals surface area contributed by atoms with Crippen LogP contribution in [0.1, 0.15) is 10.4 Å². The number of carbonyl (C=O) groups is 1. The molecule has 0 N–H and O–H groups in total. The average Bonchev–Trinajstić information content (AvgIpc) is 3.03. The first-order valence-corrected chi connectivity index (χ1v) is 8.82. The summed E-state index contributed by atoms with van der Waals surface area (Å²) in [4.78, 5) is 27.7. The summed E-state index contributed by atoms with van der Waals surface area (Å²) in [6.45, 7) is 0.176. The maximum Gasteiger partial charge on any atom is 0.279 e. The molecule has 9 heteroatoms. The normalized spacial score (nSPS) is 11.2. The van der Waals surface area contributed by atoms with Crippen LogP contribution in [0.3, 0.4) is 0 Å². The van der Waals surface area contributed by atoms with Crippen LogP contribution in [0, 0.1) is 22.5 Å². The van der Waals surface area contributed by atoms with Crippen molar-refractivity contribution in [3.63, 3.8) is 0 Å². The van der Waals surface area contributed by atoms with Gasteiger partial charge in [0.15, 0.2) is 16.3 Å². The molecule has 0 saturated carbocycles. The summed E-state index contributed by atoms with van der Waals surface area (Å²) < 4.78 is 12.7. The highest BCUT2D eigenvalue weighted by Gasteiger charge is 2.14. The van der Waals surface area contributed by atoms with Gasteiger partial charge in [-0.2, -0.15) is 4.99 Å². The minimum Gasteiger partial charge on any atom is -0.493 e. The van der Waals surface area contributed by atoms with Crippen LogP contribution in [0.4, 0.5) is 5.69 Å². The lowest BCUT2D eigenvalue weighted by molar-refractivity contribution is -0.384. The van der Waals surface area contributed by atoms with Crippen LogP contribution < -0.4 is 14.3 Å². The molecule has 1 heterocycles. The average molecular weight is 397 g/mol. The Morgan fingerprint density at radius 3 is 2.64 bits per heavy atom. The van der Waals surface area contributed by atoms with E-state index in [1.54, 1.807) is 22.8 Å². The zero-order chi connectivity index (χ0) is 20.3. The summed E-state index contributed by atoms with van der Waals surface area (Å²) in [5.74, 6) is 2.93. The molecule has 0 radical (unpaired) electrons. The third-order valence-electron chi connectivity index (χ3n) is 3.95. The van der Waals surface area contributed by atoms with Crippen LogP contribution in [-0.4, -0.2) is 29.6 Å². The van der Waals surface area contributed by atoms with Gasteiger partial charge in [0, 0.05) is 17.7 Å². The van der Waals surface area contributed by atoms with Crippen molar-refractivity contribution in [2.45, 2.75) is 6.54 Å². The lowest BCUT2D eigenvalue weighted by atomic mass is 10.2. The lowest BCUT2D eigenvalue weighted by Gasteiger charge is -2.07. The third-order valence-corrected chi connectivity index (χ3v) is 5.00. The molecule has 0 aliphatic carbocycles. The summed E-state index contributed by atoms with van der Waals surface area (Å²) in [5, 5.41) is 11.0. The highest BCUT2D eigenvalue weighted by Crippen LogP contribution is 2.28. The van der Waals surface area contributed by atoms with Gasteiger partial charge >= 0.3 is 0 Å². The van der Waals surface area contributed by atoms with Gasteiger partial charge in [0.25, 0.3) is 11.6 Å². The number of nitrogens with zero attached hydrogens (tertiary/aromatic N) is 3. The molecule has 1 aromatic heterocycles. The molecule has 2 aromatic carbocycles. The SMILES string of the molecule is C#CCn1c(=NC(=O)c2ccc(OC)c(OC)c2)sc2cc([N+](=O)[O-])ccc21. The summed E-state index contributed by atoms with van der Waals surface area (Å²) in [7, 11) is 2.98. The Bertz CT molecular complexity index is 1190. The largest absolute Gasteiger partial charge is 0.493 e.